The van der Waals surface area contributed by atoms with Crippen molar-refractivity contribution in [3.63, 3.8) is 0 Å². The second kappa shape index (κ2) is 5.54. The van der Waals surface area contributed by atoms with Crippen LogP contribution in [0.2, 0.25) is 5.15 Å². The number of hydrogen-bond donors (Lipinski definition) is 1. The van der Waals surface area contributed by atoms with Gasteiger partial charge in [-0.05, 0) is 24.3 Å². The standard InChI is InChI=1S/C12H6BrClFNO3/c13-6-3-8(12(17)18)11(9(15)4-6)19-7-1-2-10(14)16-5-7/h1-5H,(H,17,18). The second-order valence-corrected chi connectivity index (χ2v) is 4.79. The van der Waals surface area contributed by atoms with Crippen LogP contribution < -0.4 is 4.74 Å². The Balaban J connectivity index is 2.44. The fraction of sp³-hybridized carbons (Fsp3) is 0. The average Bonchev–Trinajstić information content (AvgIpc) is 2.34. The number of ether oxygens (including phenoxy) is 1. The van der Waals surface area contributed by atoms with E-state index in [1.165, 1.54) is 24.4 Å². The van der Waals surface area contributed by atoms with Gasteiger partial charge < -0.3 is 9.84 Å². The fourth-order valence-corrected chi connectivity index (χ4v) is 1.91. The van der Waals surface area contributed by atoms with Crippen LogP contribution in [0.5, 0.6) is 11.5 Å². The highest BCUT2D eigenvalue weighted by atomic mass is 79.9. The summed E-state index contributed by atoms with van der Waals surface area (Å²) in [5.41, 5.74) is -0.290. The van der Waals surface area contributed by atoms with Gasteiger partial charge in [-0.15, -0.1) is 0 Å². The predicted molar refractivity (Wildman–Crippen MR) is 70.4 cm³/mol. The summed E-state index contributed by atoms with van der Waals surface area (Å²) in [6.07, 6.45) is 1.27. The van der Waals surface area contributed by atoms with Crippen molar-refractivity contribution in [3.8, 4) is 11.5 Å². The number of halogens is 3. The lowest BCUT2D eigenvalue weighted by atomic mass is 10.2. The molecular weight excluding hydrogens is 340 g/mol. The quantitative estimate of drug-likeness (QED) is 0.849. The molecule has 0 amide bonds. The van der Waals surface area contributed by atoms with Crippen LogP contribution in [0.15, 0.2) is 34.9 Å². The minimum atomic E-state index is -1.29. The van der Waals surface area contributed by atoms with Gasteiger partial charge in [0, 0.05) is 4.47 Å². The van der Waals surface area contributed by atoms with Crippen LogP contribution in [0.3, 0.4) is 0 Å². The molecule has 98 valence electrons. The van der Waals surface area contributed by atoms with E-state index in [0.717, 1.165) is 6.07 Å². The summed E-state index contributed by atoms with van der Waals surface area (Å²) in [5.74, 6) is -2.27. The molecule has 0 saturated carbocycles. The number of aromatic nitrogens is 1. The number of carboxylic acids is 1. The number of carboxylic acid groups (broad SMARTS) is 1. The number of rotatable bonds is 3. The van der Waals surface area contributed by atoms with Gasteiger partial charge in [-0.2, -0.15) is 0 Å². The Bertz CT molecular complexity index is 634. The van der Waals surface area contributed by atoms with E-state index in [1.807, 2.05) is 0 Å². The highest BCUT2D eigenvalue weighted by Gasteiger charge is 2.18. The summed E-state index contributed by atoms with van der Waals surface area (Å²) in [6.45, 7) is 0. The molecule has 1 aromatic heterocycles. The summed E-state index contributed by atoms with van der Waals surface area (Å²) in [4.78, 5) is 14.8. The van der Waals surface area contributed by atoms with Gasteiger partial charge in [0.25, 0.3) is 0 Å². The van der Waals surface area contributed by atoms with Crippen LogP contribution in [-0.2, 0) is 0 Å². The van der Waals surface area contributed by atoms with Crippen molar-refractivity contribution in [2.24, 2.45) is 0 Å². The number of benzene rings is 1. The molecule has 0 saturated heterocycles. The summed E-state index contributed by atoms with van der Waals surface area (Å²) in [7, 11) is 0. The molecule has 0 aliphatic heterocycles. The maximum absolute atomic E-state index is 13.8. The Morgan fingerprint density at radius 2 is 2.16 bits per heavy atom. The summed E-state index contributed by atoms with van der Waals surface area (Å²) < 4.78 is 19.3. The molecule has 0 radical (unpaired) electrons. The van der Waals surface area contributed by atoms with E-state index >= 15 is 0 Å². The van der Waals surface area contributed by atoms with Crippen molar-refractivity contribution in [2.45, 2.75) is 0 Å². The summed E-state index contributed by atoms with van der Waals surface area (Å²) in [5, 5.41) is 9.28. The normalized spacial score (nSPS) is 10.3. The van der Waals surface area contributed by atoms with Crippen LogP contribution in [0, 0.1) is 5.82 Å². The molecule has 0 aliphatic carbocycles. The number of hydrogen-bond acceptors (Lipinski definition) is 3. The first-order chi connectivity index (χ1) is 8.97. The predicted octanol–water partition coefficient (Wildman–Crippen LogP) is 4.13. The van der Waals surface area contributed by atoms with Crippen LogP contribution >= 0.6 is 27.5 Å². The Kier molecular flexibility index (Phi) is 4.01. The molecule has 0 bridgehead atoms. The highest BCUT2D eigenvalue weighted by Crippen LogP contribution is 2.31. The monoisotopic (exact) mass is 345 g/mol. The molecule has 19 heavy (non-hydrogen) atoms. The number of nitrogens with zero attached hydrogens (tertiary/aromatic N) is 1. The zero-order valence-corrected chi connectivity index (χ0v) is 11.6. The number of carbonyl (C=O) groups is 1. The zero-order chi connectivity index (χ0) is 14.0. The van der Waals surface area contributed by atoms with E-state index in [9.17, 15) is 9.18 Å². The molecule has 0 fully saturated rings. The molecule has 4 nitrogen and oxygen atoms in total. The van der Waals surface area contributed by atoms with E-state index in [1.54, 1.807) is 0 Å². The molecule has 1 N–H and O–H groups in total. The van der Waals surface area contributed by atoms with Gasteiger partial charge in [0.15, 0.2) is 11.6 Å². The molecule has 0 spiro atoms. The molecule has 0 aliphatic rings. The van der Waals surface area contributed by atoms with Crippen molar-refractivity contribution >= 4 is 33.5 Å². The second-order valence-electron chi connectivity index (χ2n) is 3.49. The Labute approximate surface area is 120 Å². The molecule has 0 atom stereocenters. The molecule has 2 rings (SSSR count). The van der Waals surface area contributed by atoms with Crippen molar-refractivity contribution in [1.82, 2.24) is 4.98 Å². The molecule has 7 heteroatoms. The van der Waals surface area contributed by atoms with Crippen molar-refractivity contribution in [3.05, 3.63) is 51.5 Å². The summed E-state index contributed by atoms with van der Waals surface area (Å²) in [6, 6.07) is 5.28. The Hall–Kier alpha value is -1.66. The van der Waals surface area contributed by atoms with Crippen LogP contribution in [0.1, 0.15) is 10.4 Å². The molecule has 2 aromatic rings. The first-order valence-electron chi connectivity index (χ1n) is 4.99. The third-order valence-corrected chi connectivity index (χ3v) is 2.84. The molecular formula is C12H6BrClFNO3. The van der Waals surface area contributed by atoms with E-state index < -0.39 is 11.8 Å². The maximum atomic E-state index is 13.8. The Morgan fingerprint density at radius 1 is 1.42 bits per heavy atom. The van der Waals surface area contributed by atoms with Gasteiger partial charge in [0.05, 0.1) is 6.20 Å². The zero-order valence-electron chi connectivity index (χ0n) is 9.23. The van der Waals surface area contributed by atoms with Gasteiger partial charge >= 0.3 is 5.97 Å². The van der Waals surface area contributed by atoms with Crippen LogP contribution in [0.4, 0.5) is 4.39 Å². The lowest BCUT2D eigenvalue weighted by molar-refractivity contribution is 0.0693. The third-order valence-electron chi connectivity index (χ3n) is 2.16. The number of pyridine rings is 1. The number of aromatic carboxylic acids is 1. The smallest absolute Gasteiger partial charge is 0.339 e. The fourth-order valence-electron chi connectivity index (χ4n) is 1.36. The van der Waals surface area contributed by atoms with Gasteiger partial charge in [-0.3, -0.25) is 0 Å². The molecule has 1 heterocycles. The van der Waals surface area contributed by atoms with E-state index in [4.69, 9.17) is 21.4 Å². The largest absolute Gasteiger partial charge is 0.478 e. The van der Waals surface area contributed by atoms with Crippen molar-refractivity contribution < 1.29 is 19.0 Å². The van der Waals surface area contributed by atoms with Crippen molar-refractivity contribution in [1.29, 1.82) is 0 Å². The van der Waals surface area contributed by atoms with Crippen molar-refractivity contribution in [2.75, 3.05) is 0 Å². The van der Waals surface area contributed by atoms with E-state index in [2.05, 4.69) is 20.9 Å². The minimum absolute atomic E-state index is 0.188. The highest BCUT2D eigenvalue weighted by molar-refractivity contribution is 9.10. The molecule has 0 unspecified atom stereocenters. The van der Waals surface area contributed by atoms with Gasteiger partial charge in [-0.1, -0.05) is 27.5 Å². The minimum Gasteiger partial charge on any atom is -0.478 e. The summed E-state index contributed by atoms with van der Waals surface area (Å²) >= 11 is 8.63. The lowest BCUT2D eigenvalue weighted by Crippen LogP contribution is -2.02. The Morgan fingerprint density at radius 3 is 2.74 bits per heavy atom. The van der Waals surface area contributed by atoms with E-state index in [-0.39, 0.29) is 22.2 Å². The first-order valence-corrected chi connectivity index (χ1v) is 6.16. The van der Waals surface area contributed by atoms with Gasteiger partial charge in [0.2, 0.25) is 0 Å². The molecule has 1 aromatic carbocycles. The van der Waals surface area contributed by atoms with Gasteiger partial charge in [0.1, 0.15) is 16.5 Å². The topological polar surface area (TPSA) is 59.4 Å². The van der Waals surface area contributed by atoms with Gasteiger partial charge in [-0.25, -0.2) is 14.2 Å². The van der Waals surface area contributed by atoms with Crippen LogP contribution in [0.25, 0.3) is 0 Å². The maximum Gasteiger partial charge on any atom is 0.339 e. The SMILES string of the molecule is O=C(O)c1cc(Br)cc(F)c1Oc1ccc(Cl)nc1. The van der Waals surface area contributed by atoms with Crippen LogP contribution in [-0.4, -0.2) is 16.1 Å². The van der Waals surface area contributed by atoms with E-state index in [0.29, 0.717) is 4.47 Å². The first kappa shape index (κ1) is 13.8. The third kappa shape index (κ3) is 3.21. The lowest BCUT2D eigenvalue weighted by Gasteiger charge is -2.10. The average molecular weight is 347 g/mol.